The molecule has 6 heteroatoms. The summed E-state index contributed by atoms with van der Waals surface area (Å²) in [5, 5.41) is 18.4. The van der Waals surface area contributed by atoms with Crippen LogP contribution in [0, 0.1) is 0 Å². The fourth-order valence-electron chi connectivity index (χ4n) is 3.25. The Morgan fingerprint density at radius 1 is 1.19 bits per heavy atom. The highest BCUT2D eigenvalue weighted by Crippen LogP contribution is 2.40. The average molecular weight is 493 g/mol. The normalized spacial score (nSPS) is 20.0. The molecule has 1 aliphatic carbocycles. The van der Waals surface area contributed by atoms with Crippen molar-refractivity contribution in [3.63, 3.8) is 0 Å². The summed E-state index contributed by atoms with van der Waals surface area (Å²) in [7, 11) is 1.76. The molecule has 3 N–H and O–H groups in total. The number of guanidine groups is 1. The van der Waals surface area contributed by atoms with Crippen molar-refractivity contribution in [2.45, 2.75) is 24.5 Å². The van der Waals surface area contributed by atoms with Crippen molar-refractivity contribution >= 4 is 51.4 Å². The first-order valence-corrected chi connectivity index (χ1v) is 9.75. The van der Waals surface area contributed by atoms with Crippen LogP contribution in [0.15, 0.2) is 65.7 Å². The highest BCUT2D eigenvalue weighted by atomic mass is 127. The highest BCUT2D eigenvalue weighted by Gasteiger charge is 2.38. The molecule has 1 aliphatic rings. The number of halogens is 1. The minimum Gasteiger partial charge on any atom is -0.386 e. The zero-order valence-corrected chi connectivity index (χ0v) is 18.3. The Balaban J connectivity index is 0.00000210. The quantitative estimate of drug-likeness (QED) is 0.283. The molecular formula is C21H24IN3OS. The van der Waals surface area contributed by atoms with Crippen LogP contribution >= 0.6 is 35.3 Å². The maximum absolute atomic E-state index is 10.5. The molecule has 1 heterocycles. The van der Waals surface area contributed by atoms with Gasteiger partial charge in [0, 0.05) is 35.1 Å². The van der Waals surface area contributed by atoms with Crippen molar-refractivity contribution in [1.29, 1.82) is 0 Å². The fourth-order valence-corrected chi connectivity index (χ4v) is 4.30. The van der Waals surface area contributed by atoms with Crippen LogP contribution in [0.3, 0.4) is 0 Å². The summed E-state index contributed by atoms with van der Waals surface area (Å²) in [5.74, 6) is 1.29. The van der Waals surface area contributed by atoms with Gasteiger partial charge in [0.05, 0.1) is 0 Å². The number of aliphatic hydroxyl groups is 1. The Kier molecular flexibility index (Phi) is 6.73. The van der Waals surface area contributed by atoms with Crippen molar-refractivity contribution in [3.8, 4) is 0 Å². The van der Waals surface area contributed by atoms with E-state index in [1.54, 1.807) is 18.4 Å². The summed E-state index contributed by atoms with van der Waals surface area (Å²) in [6.45, 7) is 0.440. The standard InChI is InChI=1S/C21H23N3OS.HI/c1-22-21(24-17-12-16(17)14-7-3-2-4-8-14)23-13-18(25)20-11-15-9-5-6-10-19(15)26-20;/h2-11,16-18,25H,12-13H2,1H3,(H2,22,23,24);1H. The summed E-state index contributed by atoms with van der Waals surface area (Å²) < 4.78 is 1.20. The topological polar surface area (TPSA) is 56.7 Å². The van der Waals surface area contributed by atoms with Gasteiger partial charge in [-0.3, -0.25) is 4.99 Å². The molecule has 4 nitrogen and oxygen atoms in total. The number of nitrogens with zero attached hydrogens (tertiary/aromatic N) is 1. The van der Waals surface area contributed by atoms with Gasteiger partial charge in [-0.2, -0.15) is 0 Å². The minimum absolute atomic E-state index is 0. The monoisotopic (exact) mass is 493 g/mol. The van der Waals surface area contributed by atoms with Crippen LogP contribution < -0.4 is 10.6 Å². The van der Waals surface area contributed by atoms with Crippen LogP contribution in [0.25, 0.3) is 10.1 Å². The third-order valence-corrected chi connectivity index (χ3v) is 6.02. The molecule has 3 unspecified atom stereocenters. The lowest BCUT2D eigenvalue weighted by Gasteiger charge is -2.14. The number of rotatable bonds is 5. The van der Waals surface area contributed by atoms with Gasteiger partial charge in [0.1, 0.15) is 6.10 Å². The summed E-state index contributed by atoms with van der Waals surface area (Å²) in [6, 6.07) is 21.2. The molecular weight excluding hydrogens is 469 g/mol. The number of benzene rings is 2. The second kappa shape index (κ2) is 9.03. The smallest absolute Gasteiger partial charge is 0.191 e. The van der Waals surface area contributed by atoms with E-state index in [2.05, 4.69) is 58.1 Å². The molecule has 1 aromatic heterocycles. The van der Waals surface area contributed by atoms with E-state index in [4.69, 9.17) is 0 Å². The summed E-state index contributed by atoms with van der Waals surface area (Å²) >= 11 is 1.64. The van der Waals surface area contributed by atoms with Crippen molar-refractivity contribution in [2.75, 3.05) is 13.6 Å². The molecule has 1 fully saturated rings. The molecule has 0 bridgehead atoms. The molecule has 142 valence electrons. The van der Waals surface area contributed by atoms with Crippen molar-refractivity contribution < 1.29 is 5.11 Å². The van der Waals surface area contributed by atoms with Crippen LogP contribution in [0.1, 0.15) is 28.9 Å². The van der Waals surface area contributed by atoms with Gasteiger partial charge in [-0.1, -0.05) is 48.5 Å². The number of nitrogens with one attached hydrogen (secondary N) is 2. The average Bonchev–Trinajstić information content (AvgIpc) is 3.31. The second-order valence-electron chi connectivity index (χ2n) is 6.66. The van der Waals surface area contributed by atoms with E-state index < -0.39 is 6.10 Å². The van der Waals surface area contributed by atoms with Gasteiger partial charge in [0.25, 0.3) is 0 Å². The van der Waals surface area contributed by atoms with Crippen LogP contribution in [-0.4, -0.2) is 30.7 Å². The third kappa shape index (κ3) is 4.80. The fraction of sp³-hybridized carbons (Fsp3) is 0.286. The van der Waals surface area contributed by atoms with E-state index in [1.165, 1.54) is 15.6 Å². The van der Waals surface area contributed by atoms with Gasteiger partial charge in [-0.05, 0) is 29.5 Å². The molecule has 0 saturated heterocycles. The molecule has 0 aliphatic heterocycles. The largest absolute Gasteiger partial charge is 0.386 e. The zero-order chi connectivity index (χ0) is 17.9. The SMILES string of the molecule is CN=C(NCC(O)c1cc2ccccc2s1)NC1CC1c1ccccc1.I. The minimum atomic E-state index is -0.546. The molecule has 3 aromatic rings. The van der Waals surface area contributed by atoms with Crippen LogP contribution in [0.4, 0.5) is 0 Å². The first-order chi connectivity index (χ1) is 12.7. The summed E-state index contributed by atoms with van der Waals surface area (Å²) in [5.41, 5.74) is 1.37. The zero-order valence-electron chi connectivity index (χ0n) is 15.1. The van der Waals surface area contributed by atoms with Gasteiger partial charge in [0.15, 0.2) is 5.96 Å². The Labute approximate surface area is 180 Å². The Hall–Kier alpha value is -1.64. The number of fused-ring (bicyclic) bond motifs is 1. The Morgan fingerprint density at radius 3 is 2.67 bits per heavy atom. The number of hydrogen-bond acceptors (Lipinski definition) is 3. The van der Waals surface area contributed by atoms with E-state index in [9.17, 15) is 5.11 Å². The van der Waals surface area contributed by atoms with Crippen molar-refractivity contribution in [1.82, 2.24) is 10.6 Å². The van der Waals surface area contributed by atoms with Crippen molar-refractivity contribution in [2.24, 2.45) is 4.99 Å². The van der Waals surface area contributed by atoms with Gasteiger partial charge in [-0.15, -0.1) is 35.3 Å². The van der Waals surface area contributed by atoms with E-state index in [0.29, 0.717) is 18.5 Å². The lowest BCUT2D eigenvalue weighted by atomic mass is 10.1. The van der Waals surface area contributed by atoms with Crippen LogP contribution in [0.2, 0.25) is 0 Å². The Morgan fingerprint density at radius 2 is 1.93 bits per heavy atom. The van der Waals surface area contributed by atoms with Gasteiger partial charge < -0.3 is 15.7 Å². The number of thiophene rings is 1. The van der Waals surface area contributed by atoms with E-state index >= 15 is 0 Å². The van der Waals surface area contributed by atoms with Crippen molar-refractivity contribution in [3.05, 3.63) is 71.1 Å². The third-order valence-electron chi connectivity index (χ3n) is 4.80. The predicted molar refractivity (Wildman–Crippen MR) is 124 cm³/mol. The number of hydrogen-bond donors (Lipinski definition) is 3. The molecule has 1 saturated carbocycles. The number of aliphatic imine (C=N–C) groups is 1. The second-order valence-corrected chi connectivity index (χ2v) is 7.77. The molecule has 0 amide bonds. The Bertz CT molecular complexity index is 879. The number of aliphatic hydroxyl groups excluding tert-OH is 1. The first-order valence-electron chi connectivity index (χ1n) is 8.93. The van der Waals surface area contributed by atoms with E-state index in [1.807, 2.05) is 18.2 Å². The lowest BCUT2D eigenvalue weighted by molar-refractivity contribution is 0.184. The summed E-state index contributed by atoms with van der Waals surface area (Å²) in [4.78, 5) is 5.27. The van der Waals surface area contributed by atoms with E-state index in [0.717, 1.165) is 17.3 Å². The lowest BCUT2D eigenvalue weighted by Crippen LogP contribution is -2.40. The van der Waals surface area contributed by atoms with E-state index in [-0.39, 0.29) is 24.0 Å². The summed E-state index contributed by atoms with van der Waals surface area (Å²) in [6.07, 6.45) is 0.568. The van der Waals surface area contributed by atoms with Crippen LogP contribution in [0.5, 0.6) is 0 Å². The maximum atomic E-state index is 10.5. The van der Waals surface area contributed by atoms with Crippen LogP contribution in [-0.2, 0) is 0 Å². The first kappa shape index (κ1) is 20.1. The molecule has 0 radical (unpaired) electrons. The highest BCUT2D eigenvalue weighted by molar-refractivity contribution is 14.0. The maximum Gasteiger partial charge on any atom is 0.191 e. The van der Waals surface area contributed by atoms with Gasteiger partial charge in [0.2, 0.25) is 0 Å². The molecule has 3 atom stereocenters. The predicted octanol–water partition coefficient (Wildman–Crippen LogP) is 4.27. The molecule has 4 rings (SSSR count). The molecule has 27 heavy (non-hydrogen) atoms. The van der Waals surface area contributed by atoms with Gasteiger partial charge >= 0.3 is 0 Å². The molecule has 2 aromatic carbocycles. The van der Waals surface area contributed by atoms with Gasteiger partial charge in [-0.25, -0.2) is 0 Å². The molecule has 0 spiro atoms.